The zero-order valence-corrected chi connectivity index (χ0v) is 5.83. The molecule has 0 N–H and O–H groups in total. The Kier molecular flexibility index (Phi) is 3.55. The molecule has 1 aliphatic rings. The topological polar surface area (TPSA) is 43.4 Å². The molecule has 5 heteroatoms. The molecule has 0 amide bonds. The molecule has 0 aromatic heterocycles. The van der Waals surface area contributed by atoms with Gasteiger partial charge in [-0.1, -0.05) is 0 Å². The predicted molar refractivity (Wildman–Crippen MR) is 32.4 cm³/mol. The van der Waals surface area contributed by atoms with Crippen LogP contribution < -0.4 is 0 Å². The summed E-state index contributed by atoms with van der Waals surface area (Å²) in [6.45, 7) is 1.44. The van der Waals surface area contributed by atoms with E-state index in [1.54, 1.807) is 0 Å². The van der Waals surface area contributed by atoms with Crippen molar-refractivity contribution < 1.29 is 8.76 Å². The van der Waals surface area contributed by atoms with Crippen LogP contribution in [0.1, 0.15) is 6.42 Å². The molecule has 0 bridgehead atoms. The zero-order chi connectivity index (χ0) is 5.28. The fourth-order valence-electron chi connectivity index (χ4n) is 0.436. The first-order valence-corrected chi connectivity index (χ1v) is 3.18. The molecule has 1 saturated heterocycles. The Labute approximate surface area is 56.9 Å². The molecule has 3 nitrogen and oxygen atoms in total. The second kappa shape index (κ2) is 3.40. The molecule has 0 radical (unpaired) electrons. The average molecular weight is 157 g/mol. The van der Waals surface area contributed by atoms with Gasteiger partial charge < -0.3 is 4.55 Å². The lowest BCUT2D eigenvalue weighted by atomic mass is 10.3. The van der Waals surface area contributed by atoms with Gasteiger partial charge in [-0.3, -0.25) is 4.21 Å². The Balaban J connectivity index is 0.000000490. The number of hydrogen-bond acceptors (Lipinski definition) is 2. The van der Waals surface area contributed by atoms with Crippen LogP contribution in [-0.2, 0) is 11.3 Å². The molecular formula is C3H7ClNO2S-. The predicted octanol–water partition coefficient (Wildman–Crippen LogP) is -0.0920. The average Bonchev–Trinajstić information content (AvgIpc) is 1.23. The first-order valence-electron chi connectivity index (χ1n) is 2.15. The molecule has 50 valence electrons. The van der Waals surface area contributed by atoms with Crippen LogP contribution in [0.2, 0.25) is 0 Å². The van der Waals surface area contributed by atoms with Crippen LogP contribution in [0.3, 0.4) is 0 Å². The van der Waals surface area contributed by atoms with Gasteiger partial charge in [0.25, 0.3) is 0 Å². The zero-order valence-electron chi connectivity index (χ0n) is 4.20. The summed E-state index contributed by atoms with van der Waals surface area (Å²) >= 11 is -1.94. The van der Waals surface area contributed by atoms with E-state index in [0.29, 0.717) is 0 Å². The fraction of sp³-hybridized carbons (Fsp3) is 1.00. The number of halogens is 1. The van der Waals surface area contributed by atoms with Gasteiger partial charge in [-0.05, 0) is 6.42 Å². The highest BCUT2D eigenvalue weighted by molar-refractivity contribution is 7.76. The van der Waals surface area contributed by atoms with E-state index < -0.39 is 11.3 Å². The van der Waals surface area contributed by atoms with Gasteiger partial charge in [0.1, 0.15) is 0 Å². The van der Waals surface area contributed by atoms with Crippen molar-refractivity contribution >= 4 is 23.7 Å². The maximum absolute atomic E-state index is 9.91. The lowest BCUT2D eigenvalue weighted by Crippen LogP contribution is -2.38. The number of nitrogens with zero attached hydrogens (tertiary/aromatic N) is 1. The van der Waals surface area contributed by atoms with Crippen molar-refractivity contribution in [2.45, 2.75) is 6.42 Å². The molecule has 0 aliphatic carbocycles. The van der Waals surface area contributed by atoms with Crippen molar-refractivity contribution in [3.8, 4) is 0 Å². The Morgan fingerprint density at radius 2 is 2.00 bits per heavy atom. The van der Waals surface area contributed by atoms with E-state index in [2.05, 4.69) is 0 Å². The molecular weight excluding hydrogens is 150 g/mol. The lowest BCUT2D eigenvalue weighted by Gasteiger charge is -2.31. The summed E-state index contributed by atoms with van der Waals surface area (Å²) in [5.41, 5.74) is 0. The van der Waals surface area contributed by atoms with E-state index in [-0.39, 0.29) is 12.4 Å². The third-order valence-corrected chi connectivity index (χ3v) is 1.81. The molecule has 1 atom stereocenters. The molecule has 1 unspecified atom stereocenters. The third kappa shape index (κ3) is 1.70. The SMILES string of the molecule is Cl.O=S([O-])N1CCC1. The van der Waals surface area contributed by atoms with E-state index in [1.807, 2.05) is 0 Å². The Morgan fingerprint density at radius 3 is 2.00 bits per heavy atom. The minimum Gasteiger partial charge on any atom is -0.760 e. The molecule has 1 heterocycles. The van der Waals surface area contributed by atoms with Crippen molar-refractivity contribution in [2.75, 3.05) is 13.1 Å². The quantitative estimate of drug-likeness (QED) is 0.498. The van der Waals surface area contributed by atoms with Crippen LogP contribution in [0.4, 0.5) is 0 Å². The monoisotopic (exact) mass is 156 g/mol. The minimum absolute atomic E-state index is 0. The Morgan fingerprint density at radius 1 is 1.50 bits per heavy atom. The molecule has 8 heavy (non-hydrogen) atoms. The lowest BCUT2D eigenvalue weighted by molar-refractivity contribution is 0.297. The minimum atomic E-state index is -1.94. The third-order valence-electron chi connectivity index (χ3n) is 1.03. The molecule has 1 rings (SSSR count). The highest BCUT2D eigenvalue weighted by Crippen LogP contribution is 2.05. The van der Waals surface area contributed by atoms with Crippen LogP contribution in [0.25, 0.3) is 0 Å². The standard InChI is InChI=1S/C3H7NO2S.ClH/c5-7(6)4-2-1-3-4;/h1-3H2,(H,5,6);1H/p-1. The van der Waals surface area contributed by atoms with Crippen molar-refractivity contribution in [1.82, 2.24) is 4.31 Å². The maximum atomic E-state index is 9.91. The second-order valence-corrected chi connectivity index (χ2v) is 2.45. The van der Waals surface area contributed by atoms with E-state index in [1.165, 1.54) is 4.31 Å². The fourth-order valence-corrected chi connectivity index (χ4v) is 0.993. The summed E-state index contributed by atoms with van der Waals surface area (Å²) in [5, 5.41) is 0. The van der Waals surface area contributed by atoms with Crippen molar-refractivity contribution in [1.29, 1.82) is 0 Å². The smallest absolute Gasteiger partial charge is 0.0209 e. The van der Waals surface area contributed by atoms with Gasteiger partial charge >= 0.3 is 0 Å². The Bertz CT molecular complexity index is 95.3. The summed E-state index contributed by atoms with van der Waals surface area (Å²) in [6.07, 6.45) is 1.02. The van der Waals surface area contributed by atoms with Crippen LogP contribution in [0, 0.1) is 0 Å². The molecule has 1 fully saturated rings. The van der Waals surface area contributed by atoms with Crippen LogP contribution in [0.15, 0.2) is 0 Å². The van der Waals surface area contributed by atoms with Gasteiger partial charge in [-0.2, -0.15) is 0 Å². The molecule has 0 saturated carbocycles. The molecule has 0 aromatic carbocycles. The van der Waals surface area contributed by atoms with Crippen molar-refractivity contribution in [2.24, 2.45) is 0 Å². The van der Waals surface area contributed by atoms with Crippen molar-refractivity contribution in [3.05, 3.63) is 0 Å². The van der Waals surface area contributed by atoms with Gasteiger partial charge in [0, 0.05) is 24.4 Å². The van der Waals surface area contributed by atoms with E-state index in [9.17, 15) is 8.76 Å². The van der Waals surface area contributed by atoms with Gasteiger partial charge in [0.15, 0.2) is 0 Å². The van der Waals surface area contributed by atoms with Gasteiger partial charge in [0.05, 0.1) is 0 Å². The van der Waals surface area contributed by atoms with Gasteiger partial charge in [-0.25, -0.2) is 4.31 Å². The van der Waals surface area contributed by atoms with Crippen LogP contribution in [-0.4, -0.2) is 26.2 Å². The first kappa shape index (κ1) is 8.36. The highest BCUT2D eigenvalue weighted by Gasteiger charge is 2.12. The summed E-state index contributed by atoms with van der Waals surface area (Å²) in [5.74, 6) is 0. The molecule has 0 aromatic rings. The van der Waals surface area contributed by atoms with E-state index in [0.717, 1.165) is 19.5 Å². The number of hydrogen-bond donors (Lipinski definition) is 0. The Hall–Kier alpha value is 0.360. The van der Waals surface area contributed by atoms with E-state index in [4.69, 9.17) is 0 Å². The van der Waals surface area contributed by atoms with Gasteiger partial charge in [0.2, 0.25) is 0 Å². The van der Waals surface area contributed by atoms with Crippen molar-refractivity contribution in [3.63, 3.8) is 0 Å². The number of rotatable bonds is 1. The van der Waals surface area contributed by atoms with Crippen LogP contribution >= 0.6 is 12.4 Å². The maximum Gasteiger partial charge on any atom is 0.0209 e. The van der Waals surface area contributed by atoms with Crippen LogP contribution in [0.5, 0.6) is 0 Å². The summed E-state index contributed by atoms with van der Waals surface area (Å²) in [7, 11) is 0. The summed E-state index contributed by atoms with van der Waals surface area (Å²) in [6, 6.07) is 0. The normalized spacial score (nSPS) is 23.1. The second-order valence-electron chi connectivity index (χ2n) is 1.50. The molecule has 0 spiro atoms. The largest absolute Gasteiger partial charge is 0.760 e. The van der Waals surface area contributed by atoms with Gasteiger partial charge in [-0.15, -0.1) is 12.4 Å². The summed E-state index contributed by atoms with van der Waals surface area (Å²) in [4.78, 5) is 0. The highest BCUT2D eigenvalue weighted by atomic mass is 35.5. The molecule has 1 aliphatic heterocycles. The first-order chi connectivity index (χ1) is 3.30. The van der Waals surface area contributed by atoms with E-state index >= 15 is 0 Å². The summed E-state index contributed by atoms with van der Waals surface area (Å²) < 4.78 is 21.2.